The molecule has 4 fully saturated rings. The lowest BCUT2D eigenvalue weighted by atomic mass is 9.48. The van der Waals surface area contributed by atoms with Crippen molar-refractivity contribution in [2.24, 2.45) is 30.2 Å². The Morgan fingerprint density at radius 3 is 2.47 bits per heavy atom. The van der Waals surface area contributed by atoms with Gasteiger partial charge in [0.25, 0.3) is 0 Å². The van der Waals surface area contributed by atoms with Crippen molar-refractivity contribution in [1.29, 1.82) is 0 Å². The second-order valence-corrected chi connectivity index (χ2v) is 10.6. The number of fused-ring (bicyclic) bond motifs is 1. The number of ketones is 1. The quantitative estimate of drug-likeness (QED) is 0.669. The van der Waals surface area contributed by atoms with Gasteiger partial charge < -0.3 is 14.0 Å². The standard InChI is InChI=1S/C23H27N3O3S/c1-26-21(19-12-28-17-4-2-3-5-18(17)29-19)24-25-22(26)30-13-20(27)23-9-14-6-15(10-23)8-16(7-14)11-23/h2-5,14-16,19H,6-13H2,1H3. The molecular formula is C23H27N3O3S. The van der Waals surface area contributed by atoms with Crippen LogP contribution in [-0.4, -0.2) is 32.9 Å². The van der Waals surface area contributed by atoms with Crippen LogP contribution in [0.5, 0.6) is 11.5 Å². The summed E-state index contributed by atoms with van der Waals surface area (Å²) in [5, 5.41) is 9.48. The highest BCUT2D eigenvalue weighted by molar-refractivity contribution is 7.99. The summed E-state index contributed by atoms with van der Waals surface area (Å²) in [6.45, 7) is 0.403. The Hall–Kier alpha value is -2.02. The van der Waals surface area contributed by atoms with Crippen LogP contribution in [0.15, 0.2) is 29.4 Å². The molecule has 1 aromatic carbocycles. The molecular weight excluding hydrogens is 398 g/mol. The van der Waals surface area contributed by atoms with E-state index in [1.54, 1.807) is 0 Å². The fourth-order valence-corrected chi connectivity index (χ4v) is 7.57. The van der Waals surface area contributed by atoms with Crippen LogP contribution in [0.25, 0.3) is 0 Å². The third kappa shape index (κ3) is 3.04. The highest BCUT2D eigenvalue weighted by atomic mass is 32.2. The number of aromatic nitrogens is 3. The number of hydrogen-bond donors (Lipinski definition) is 0. The van der Waals surface area contributed by atoms with E-state index < -0.39 is 0 Å². The smallest absolute Gasteiger partial charge is 0.192 e. The molecule has 2 heterocycles. The average Bonchev–Trinajstić information content (AvgIpc) is 3.11. The monoisotopic (exact) mass is 425 g/mol. The number of carbonyl (C=O) groups is 1. The summed E-state index contributed by atoms with van der Waals surface area (Å²) in [7, 11) is 1.94. The first kappa shape index (κ1) is 18.7. The third-order valence-electron chi connectivity index (χ3n) is 7.63. The van der Waals surface area contributed by atoms with Gasteiger partial charge in [0.15, 0.2) is 28.6 Å². The zero-order valence-electron chi connectivity index (χ0n) is 17.3. The summed E-state index contributed by atoms with van der Waals surface area (Å²) >= 11 is 1.52. The number of benzene rings is 1. The van der Waals surface area contributed by atoms with Crippen LogP contribution in [0, 0.1) is 23.2 Å². The SMILES string of the molecule is Cn1c(SCC(=O)C23CC4CC(CC(C4)C2)C3)nnc1C1COc2ccccc2O1. The first-order valence-electron chi connectivity index (χ1n) is 11.0. The van der Waals surface area contributed by atoms with Crippen molar-refractivity contribution in [3.8, 4) is 11.5 Å². The Morgan fingerprint density at radius 1 is 1.10 bits per heavy atom. The number of carbonyl (C=O) groups excluding carboxylic acids is 1. The number of para-hydroxylation sites is 2. The molecule has 158 valence electrons. The zero-order chi connectivity index (χ0) is 20.3. The van der Waals surface area contributed by atoms with Gasteiger partial charge in [-0.05, 0) is 68.4 Å². The molecule has 1 unspecified atom stereocenters. The predicted molar refractivity (Wildman–Crippen MR) is 113 cm³/mol. The summed E-state index contributed by atoms with van der Waals surface area (Å²) in [4.78, 5) is 13.3. The van der Waals surface area contributed by atoms with E-state index >= 15 is 0 Å². The van der Waals surface area contributed by atoms with Crippen molar-refractivity contribution < 1.29 is 14.3 Å². The highest BCUT2D eigenvalue weighted by Gasteiger charge is 2.54. The Kier molecular flexibility index (Phi) is 4.37. The van der Waals surface area contributed by atoms with Crippen molar-refractivity contribution in [2.75, 3.05) is 12.4 Å². The molecule has 7 rings (SSSR count). The van der Waals surface area contributed by atoms with Gasteiger partial charge in [0.2, 0.25) is 0 Å². The van der Waals surface area contributed by atoms with Crippen LogP contribution in [0.1, 0.15) is 50.5 Å². The molecule has 0 saturated heterocycles. The minimum atomic E-state index is -0.300. The Morgan fingerprint density at radius 2 is 1.77 bits per heavy atom. The maximum atomic E-state index is 13.3. The van der Waals surface area contributed by atoms with Crippen molar-refractivity contribution in [3.63, 3.8) is 0 Å². The van der Waals surface area contributed by atoms with Gasteiger partial charge in [-0.25, -0.2) is 0 Å². The maximum absolute atomic E-state index is 13.3. The average molecular weight is 426 g/mol. The molecule has 0 amide bonds. The second-order valence-electron chi connectivity index (χ2n) is 9.67. The van der Waals surface area contributed by atoms with Gasteiger partial charge in [-0.1, -0.05) is 23.9 Å². The van der Waals surface area contributed by atoms with E-state index in [2.05, 4.69) is 10.2 Å². The van der Waals surface area contributed by atoms with Crippen LogP contribution in [-0.2, 0) is 11.8 Å². The first-order chi connectivity index (χ1) is 14.6. The summed E-state index contributed by atoms with van der Waals surface area (Å²) in [6.07, 6.45) is 7.14. The van der Waals surface area contributed by atoms with Crippen molar-refractivity contribution in [1.82, 2.24) is 14.8 Å². The van der Waals surface area contributed by atoms with Crippen molar-refractivity contribution >= 4 is 17.5 Å². The number of ether oxygens (including phenoxy) is 2. The molecule has 0 radical (unpaired) electrons. The van der Waals surface area contributed by atoms with E-state index in [-0.39, 0.29) is 11.5 Å². The van der Waals surface area contributed by atoms with E-state index in [0.29, 0.717) is 18.1 Å². The molecule has 4 aliphatic carbocycles. The number of thioether (sulfide) groups is 1. The van der Waals surface area contributed by atoms with Gasteiger partial charge in [0.05, 0.1) is 5.75 Å². The molecule has 2 aromatic rings. The van der Waals surface area contributed by atoms with Gasteiger partial charge in [0, 0.05) is 12.5 Å². The summed E-state index contributed by atoms with van der Waals surface area (Å²) in [5.74, 6) is 5.50. The van der Waals surface area contributed by atoms with Gasteiger partial charge in [0.1, 0.15) is 12.4 Å². The molecule has 0 N–H and O–H groups in total. The summed E-state index contributed by atoms with van der Waals surface area (Å²) in [5.41, 5.74) is -0.0484. The lowest BCUT2D eigenvalue weighted by Gasteiger charge is -2.56. The lowest BCUT2D eigenvalue weighted by molar-refractivity contribution is -0.141. The fraction of sp³-hybridized carbons (Fsp3) is 0.609. The molecule has 7 heteroatoms. The second kappa shape index (κ2) is 7.01. The Bertz CT molecular complexity index is 953. The van der Waals surface area contributed by atoms with Crippen LogP contribution in [0.4, 0.5) is 0 Å². The van der Waals surface area contributed by atoms with E-state index in [1.807, 2.05) is 35.9 Å². The fourth-order valence-electron chi connectivity index (χ4n) is 6.61. The van der Waals surface area contributed by atoms with Gasteiger partial charge in [-0.2, -0.15) is 0 Å². The van der Waals surface area contributed by atoms with E-state index in [9.17, 15) is 4.79 Å². The third-order valence-corrected chi connectivity index (χ3v) is 8.65. The Balaban J connectivity index is 1.14. The summed E-state index contributed by atoms with van der Waals surface area (Å²) < 4.78 is 13.8. The maximum Gasteiger partial charge on any atom is 0.192 e. The highest BCUT2D eigenvalue weighted by Crippen LogP contribution is 2.60. The number of Topliss-reactive ketones (excluding diaryl/α,β-unsaturated/α-hetero) is 1. The number of hydrogen-bond acceptors (Lipinski definition) is 6. The first-order valence-corrected chi connectivity index (χ1v) is 12.0. The van der Waals surface area contributed by atoms with E-state index in [4.69, 9.17) is 9.47 Å². The lowest BCUT2D eigenvalue weighted by Crippen LogP contribution is -2.50. The summed E-state index contributed by atoms with van der Waals surface area (Å²) in [6, 6.07) is 7.66. The molecule has 30 heavy (non-hydrogen) atoms. The van der Waals surface area contributed by atoms with Gasteiger partial charge in [-0.3, -0.25) is 4.79 Å². The van der Waals surface area contributed by atoms with Crippen LogP contribution < -0.4 is 9.47 Å². The minimum absolute atomic E-state index is 0.0484. The van der Waals surface area contributed by atoms with Crippen LogP contribution in [0.2, 0.25) is 0 Å². The zero-order valence-corrected chi connectivity index (χ0v) is 18.1. The largest absolute Gasteiger partial charge is 0.485 e. The van der Waals surface area contributed by atoms with Gasteiger partial charge in [-0.15, -0.1) is 10.2 Å². The number of rotatable bonds is 5. The molecule has 6 nitrogen and oxygen atoms in total. The number of nitrogens with zero attached hydrogens (tertiary/aromatic N) is 3. The molecule has 1 aromatic heterocycles. The normalized spacial score (nSPS) is 33.6. The van der Waals surface area contributed by atoms with Crippen molar-refractivity contribution in [2.45, 2.75) is 49.8 Å². The van der Waals surface area contributed by atoms with Crippen LogP contribution in [0.3, 0.4) is 0 Å². The van der Waals surface area contributed by atoms with Gasteiger partial charge >= 0.3 is 0 Å². The van der Waals surface area contributed by atoms with E-state index in [1.165, 1.54) is 31.0 Å². The predicted octanol–water partition coefficient (Wildman–Crippen LogP) is 4.21. The molecule has 0 spiro atoms. The molecule has 5 aliphatic rings. The topological polar surface area (TPSA) is 66.2 Å². The van der Waals surface area contributed by atoms with E-state index in [0.717, 1.165) is 59.5 Å². The molecule has 1 atom stereocenters. The minimum Gasteiger partial charge on any atom is -0.485 e. The molecule has 4 saturated carbocycles. The molecule has 1 aliphatic heterocycles. The molecule has 4 bridgehead atoms. The van der Waals surface area contributed by atoms with Crippen LogP contribution >= 0.6 is 11.8 Å². The van der Waals surface area contributed by atoms with Crippen molar-refractivity contribution in [3.05, 3.63) is 30.1 Å². The Labute approximate surface area is 180 Å².